The zero-order chi connectivity index (χ0) is 8.59. The predicted octanol–water partition coefficient (Wildman–Crippen LogP) is 2.71. The highest BCUT2D eigenvalue weighted by Crippen LogP contribution is 2.40. The Balaban J connectivity index is 3.46. The summed E-state index contributed by atoms with van der Waals surface area (Å²) in [5.74, 6) is -0.412. The first-order chi connectivity index (χ1) is 5.04. The van der Waals surface area contributed by atoms with E-state index in [1.807, 2.05) is 0 Å². The maximum absolute atomic E-state index is 9.16. The average molecular weight is 193 g/mol. The second-order valence-corrected chi connectivity index (χ2v) is 2.97. The smallest absolute Gasteiger partial charge is 0.156 e. The lowest BCUT2D eigenvalue weighted by molar-refractivity contribution is 0.448. The van der Waals surface area contributed by atoms with Crippen LogP contribution in [0.5, 0.6) is 11.5 Å². The topological polar surface area (TPSA) is 40.5 Å². The fourth-order valence-corrected chi connectivity index (χ4v) is 1.27. The van der Waals surface area contributed by atoms with Crippen LogP contribution in [-0.4, -0.2) is 10.2 Å². The molecular weight excluding hydrogens is 187 g/mol. The normalized spacial score (nSPS) is 10.1. The molecule has 0 aliphatic carbocycles. The summed E-state index contributed by atoms with van der Waals surface area (Å²) in [7, 11) is 0. The molecule has 0 saturated carbocycles. The van der Waals surface area contributed by atoms with E-state index in [1.54, 1.807) is 6.92 Å². The minimum atomic E-state index is -0.281. The van der Waals surface area contributed by atoms with Gasteiger partial charge in [0.1, 0.15) is 10.8 Å². The van der Waals surface area contributed by atoms with E-state index >= 15 is 0 Å². The van der Waals surface area contributed by atoms with E-state index in [4.69, 9.17) is 33.4 Å². The number of phenols is 2. The molecule has 1 aromatic carbocycles. The van der Waals surface area contributed by atoms with Gasteiger partial charge in [-0.1, -0.05) is 23.2 Å². The number of phenolic OH excluding ortho intramolecular Hbond substituents is 2. The van der Waals surface area contributed by atoms with Crippen LogP contribution in [-0.2, 0) is 0 Å². The third kappa shape index (κ3) is 1.37. The molecular formula is C7H6Cl2O2. The van der Waals surface area contributed by atoms with Crippen molar-refractivity contribution in [1.29, 1.82) is 0 Å². The quantitative estimate of drug-likeness (QED) is 0.664. The predicted molar refractivity (Wildman–Crippen MR) is 44.5 cm³/mol. The summed E-state index contributed by atoms with van der Waals surface area (Å²) in [4.78, 5) is 0. The van der Waals surface area contributed by atoms with Crippen LogP contribution in [0.4, 0.5) is 0 Å². The van der Waals surface area contributed by atoms with E-state index in [1.165, 1.54) is 6.07 Å². The average Bonchev–Trinajstić information content (AvgIpc) is 1.97. The van der Waals surface area contributed by atoms with E-state index in [0.29, 0.717) is 5.56 Å². The molecule has 0 radical (unpaired) electrons. The van der Waals surface area contributed by atoms with Gasteiger partial charge in [-0.05, 0) is 18.6 Å². The minimum Gasteiger partial charge on any atom is -0.506 e. The summed E-state index contributed by atoms with van der Waals surface area (Å²) in [6.07, 6.45) is 0. The minimum absolute atomic E-state index is 0.102. The fraction of sp³-hybridized carbons (Fsp3) is 0.143. The van der Waals surface area contributed by atoms with Gasteiger partial charge in [0.15, 0.2) is 5.75 Å². The Kier molecular flexibility index (Phi) is 2.16. The number of aromatic hydroxyl groups is 2. The van der Waals surface area contributed by atoms with Crippen LogP contribution in [0, 0.1) is 6.92 Å². The second kappa shape index (κ2) is 2.80. The second-order valence-electron chi connectivity index (χ2n) is 2.19. The highest BCUT2D eigenvalue weighted by molar-refractivity contribution is 6.38. The SMILES string of the molecule is Cc1cc(Cl)c(O)c(Cl)c1O. The first kappa shape index (κ1) is 8.50. The van der Waals surface area contributed by atoms with E-state index in [2.05, 4.69) is 0 Å². The van der Waals surface area contributed by atoms with E-state index in [9.17, 15) is 0 Å². The van der Waals surface area contributed by atoms with Gasteiger partial charge in [0, 0.05) is 0 Å². The van der Waals surface area contributed by atoms with E-state index in [0.717, 1.165) is 0 Å². The lowest BCUT2D eigenvalue weighted by Gasteiger charge is -2.04. The van der Waals surface area contributed by atoms with E-state index < -0.39 is 0 Å². The van der Waals surface area contributed by atoms with Gasteiger partial charge in [0.25, 0.3) is 0 Å². The maximum Gasteiger partial charge on any atom is 0.156 e. The molecule has 0 aromatic heterocycles. The molecule has 0 spiro atoms. The molecule has 2 nitrogen and oxygen atoms in total. The van der Waals surface area contributed by atoms with Crippen molar-refractivity contribution in [1.82, 2.24) is 0 Å². The molecule has 1 rings (SSSR count). The lowest BCUT2D eigenvalue weighted by Crippen LogP contribution is -1.78. The molecule has 0 saturated heterocycles. The molecule has 1 aromatic rings. The summed E-state index contributed by atoms with van der Waals surface area (Å²) in [6.45, 7) is 1.65. The Bertz CT molecular complexity index is 271. The summed E-state index contributed by atoms with van der Waals surface area (Å²) in [5.41, 5.74) is 0.540. The Labute approximate surface area is 74.0 Å². The molecule has 11 heavy (non-hydrogen) atoms. The molecule has 2 N–H and O–H groups in total. The Hall–Kier alpha value is -0.600. The Morgan fingerprint density at radius 3 is 2.27 bits per heavy atom. The third-order valence-electron chi connectivity index (χ3n) is 1.36. The fourth-order valence-electron chi connectivity index (χ4n) is 0.717. The van der Waals surface area contributed by atoms with Crippen LogP contribution < -0.4 is 0 Å². The van der Waals surface area contributed by atoms with Crippen molar-refractivity contribution in [3.63, 3.8) is 0 Å². The van der Waals surface area contributed by atoms with Crippen LogP contribution in [0.25, 0.3) is 0 Å². The molecule has 4 heteroatoms. The highest BCUT2D eigenvalue weighted by Gasteiger charge is 2.11. The van der Waals surface area contributed by atoms with Crippen LogP contribution in [0.1, 0.15) is 5.56 Å². The first-order valence-electron chi connectivity index (χ1n) is 2.90. The van der Waals surface area contributed by atoms with Crippen molar-refractivity contribution in [2.75, 3.05) is 0 Å². The van der Waals surface area contributed by atoms with Gasteiger partial charge in [0.05, 0.1) is 5.02 Å². The third-order valence-corrected chi connectivity index (χ3v) is 2.00. The van der Waals surface area contributed by atoms with E-state index in [-0.39, 0.29) is 21.5 Å². The largest absolute Gasteiger partial charge is 0.506 e. The molecule has 0 atom stereocenters. The number of benzene rings is 1. The molecule has 0 amide bonds. The lowest BCUT2D eigenvalue weighted by atomic mass is 10.2. The highest BCUT2D eigenvalue weighted by atomic mass is 35.5. The number of hydrogen-bond donors (Lipinski definition) is 2. The summed E-state index contributed by atoms with van der Waals surface area (Å²) >= 11 is 11.0. The summed E-state index contributed by atoms with van der Waals surface area (Å²) < 4.78 is 0. The maximum atomic E-state index is 9.16. The molecule has 0 fully saturated rings. The van der Waals surface area contributed by atoms with Crippen molar-refractivity contribution in [3.8, 4) is 11.5 Å². The first-order valence-corrected chi connectivity index (χ1v) is 3.66. The zero-order valence-electron chi connectivity index (χ0n) is 5.73. The van der Waals surface area contributed by atoms with Crippen LogP contribution in [0.15, 0.2) is 6.07 Å². The van der Waals surface area contributed by atoms with Gasteiger partial charge < -0.3 is 10.2 Å². The Morgan fingerprint density at radius 2 is 1.73 bits per heavy atom. The van der Waals surface area contributed by atoms with Gasteiger partial charge in [-0.25, -0.2) is 0 Å². The molecule has 60 valence electrons. The number of aryl methyl sites for hydroxylation is 1. The van der Waals surface area contributed by atoms with Gasteiger partial charge >= 0.3 is 0 Å². The molecule has 0 heterocycles. The monoisotopic (exact) mass is 192 g/mol. The number of rotatable bonds is 0. The standard InChI is InChI=1S/C7H6Cl2O2/c1-3-2-4(8)7(11)5(9)6(3)10/h2,10-11H,1H3. The molecule has 0 aliphatic rings. The number of hydrogen-bond acceptors (Lipinski definition) is 2. The van der Waals surface area contributed by atoms with Crippen molar-refractivity contribution >= 4 is 23.2 Å². The van der Waals surface area contributed by atoms with Crippen LogP contribution >= 0.6 is 23.2 Å². The van der Waals surface area contributed by atoms with Crippen molar-refractivity contribution < 1.29 is 10.2 Å². The Morgan fingerprint density at radius 1 is 1.18 bits per heavy atom. The summed E-state index contributed by atoms with van der Waals surface area (Å²) in [5, 5.41) is 18.3. The van der Waals surface area contributed by atoms with Crippen LogP contribution in [0.2, 0.25) is 10.0 Å². The molecule has 0 bridgehead atoms. The zero-order valence-corrected chi connectivity index (χ0v) is 7.24. The van der Waals surface area contributed by atoms with Gasteiger partial charge in [0.2, 0.25) is 0 Å². The summed E-state index contributed by atoms with van der Waals surface area (Å²) in [6, 6.07) is 1.44. The van der Waals surface area contributed by atoms with Gasteiger partial charge in [-0.3, -0.25) is 0 Å². The number of halogens is 2. The van der Waals surface area contributed by atoms with Crippen molar-refractivity contribution in [3.05, 3.63) is 21.7 Å². The van der Waals surface area contributed by atoms with Crippen LogP contribution in [0.3, 0.4) is 0 Å². The van der Waals surface area contributed by atoms with Crippen molar-refractivity contribution in [2.24, 2.45) is 0 Å². The van der Waals surface area contributed by atoms with Crippen molar-refractivity contribution in [2.45, 2.75) is 6.92 Å². The molecule has 0 aliphatic heterocycles. The van der Waals surface area contributed by atoms with Gasteiger partial charge in [-0.15, -0.1) is 0 Å². The van der Waals surface area contributed by atoms with Gasteiger partial charge in [-0.2, -0.15) is 0 Å². The molecule has 0 unspecified atom stereocenters.